The first-order valence-corrected chi connectivity index (χ1v) is 9.40. The van der Waals surface area contributed by atoms with Gasteiger partial charge in [0.25, 0.3) is 0 Å². The summed E-state index contributed by atoms with van der Waals surface area (Å²) in [6, 6.07) is 0. The molecule has 0 heterocycles. The lowest BCUT2D eigenvalue weighted by atomic mass is 10.1. The Bertz CT molecular complexity index is 232. The molecule has 0 amide bonds. The summed E-state index contributed by atoms with van der Waals surface area (Å²) in [7, 11) is -1.61. The minimum absolute atomic E-state index is 0.443. The van der Waals surface area contributed by atoms with Crippen LogP contribution in [0.25, 0.3) is 0 Å². The van der Waals surface area contributed by atoms with Crippen LogP contribution in [0.4, 0.5) is 0 Å². The smallest absolute Gasteiger partial charge is 0.402 e. The van der Waals surface area contributed by atoms with Crippen LogP contribution in [0.2, 0.25) is 0 Å². The second-order valence-electron chi connectivity index (χ2n) is 6.13. The molecule has 4 heteroatoms. The van der Waals surface area contributed by atoms with E-state index in [2.05, 4.69) is 23.7 Å². The lowest BCUT2D eigenvalue weighted by Gasteiger charge is -2.02. The first-order chi connectivity index (χ1) is 10.8. The van der Waals surface area contributed by atoms with Gasteiger partial charge in [0, 0.05) is 6.61 Å². The van der Waals surface area contributed by atoms with Crippen LogP contribution in [0.15, 0.2) is 12.2 Å². The molecule has 0 aliphatic heterocycles. The van der Waals surface area contributed by atoms with Gasteiger partial charge in [-0.05, 0) is 32.1 Å². The third kappa shape index (κ3) is 19.7. The Labute approximate surface area is 138 Å². The number of allylic oxidation sites excluding steroid dienone is 2. The second kappa shape index (κ2) is 18.7. The molecule has 0 radical (unpaired) electrons. The average Bonchev–Trinajstić information content (AvgIpc) is 2.50. The third-order valence-corrected chi connectivity index (χ3v) is 3.92. The zero-order valence-corrected chi connectivity index (χ0v) is 14.6. The lowest BCUT2D eigenvalue weighted by Crippen LogP contribution is -2.17. The summed E-state index contributed by atoms with van der Waals surface area (Å²) in [6.07, 6.45) is 22.6. The lowest BCUT2D eigenvalue weighted by molar-refractivity contribution is 0.182. The molecule has 130 valence electrons. The van der Waals surface area contributed by atoms with Crippen molar-refractivity contribution in [3.8, 4) is 0 Å². The van der Waals surface area contributed by atoms with E-state index in [1.165, 1.54) is 77.0 Å². The van der Waals surface area contributed by atoms with E-state index in [1.54, 1.807) is 0 Å². The van der Waals surface area contributed by atoms with Gasteiger partial charge in [0.15, 0.2) is 0 Å². The third-order valence-electron chi connectivity index (χ3n) is 3.92. The fourth-order valence-corrected chi connectivity index (χ4v) is 2.54. The van der Waals surface area contributed by atoms with E-state index in [1.807, 2.05) is 0 Å². The zero-order chi connectivity index (χ0) is 16.3. The minimum Gasteiger partial charge on any atom is -0.402 e. The van der Waals surface area contributed by atoms with Crippen molar-refractivity contribution in [1.29, 1.82) is 0 Å². The van der Waals surface area contributed by atoms with Crippen molar-refractivity contribution in [2.24, 2.45) is 0 Å². The average molecular weight is 312 g/mol. The summed E-state index contributed by atoms with van der Waals surface area (Å²) in [5, 5.41) is 17.0. The molecular weight excluding hydrogens is 275 g/mol. The summed E-state index contributed by atoms with van der Waals surface area (Å²) in [5.41, 5.74) is 0. The molecule has 0 aromatic carbocycles. The highest BCUT2D eigenvalue weighted by molar-refractivity contribution is 6.32. The summed E-state index contributed by atoms with van der Waals surface area (Å²) in [6.45, 7) is 2.71. The van der Waals surface area contributed by atoms with E-state index in [-0.39, 0.29) is 0 Å². The molecule has 0 saturated carbocycles. The molecule has 0 atom stereocenters. The van der Waals surface area contributed by atoms with Crippen molar-refractivity contribution in [2.45, 2.75) is 96.8 Å². The van der Waals surface area contributed by atoms with Crippen LogP contribution in [0.3, 0.4) is 0 Å². The van der Waals surface area contributed by atoms with Crippen LogP contribution in [0.5, 0.6) is 0 Å². The molecule has 0 unspecified atom stereocenters. The van der Waals surface area contributed by atoms with Crippen molar-refractivity contribution in [1.82, 2.24) is 0 Å². The van der Waals surface area contributed by atoms with Crippen molar-refractivity contribution >= 4 is 7.32 Å². The number of rotatable bonds is 17. The van der Waals surface area contributed by atoms with Gasteiger partial charge in [-0.2, -0.15) is 0 Å². The van der Waals surface area contributed by atoms with Gasteiger partial charge in [-0.15, -0.1) is 0 Å². The molecule has 0 rings (SSSR count). The highest BCUT2D eigenvalue weighted by Gasteiger charge is 2.06. The zero-order valence-electron chi connectivity index (χ0n) is 14.6. The fraction of sp³-hybridized carbons (Fsp3) is 0.889. The van der Waals surface area contributed by atoms with E-state index in [4.69, 9.17) is 10.0 Å². The molecule has 0 aromatic rings. The number of unbranched alkanes of at least 4 members (excludes halogenated alkanes) is 12. The van der Waals surface area contributed by atoms with E-state index < -0.39 is 7.32 Å². The van der Waals surface area contributed by atoms with E-state index in [0.717, 1.165) is 12.8 Å². The van der Waals surface area contributed by atoms with Gasteiger partial charge in [-0.1, -0.05) is 76.9 Å². The van der Waals surface area contributed by atoms with Crippen LogP contribution in [0.1, 0.15) is 96.8 Å². The maximum Gasteiger partial charge on any atom is 0.633 e. The molecule has 0 spiro atoms. The van der Waals surface area contributed by atoms with E-state index in [0.29, 0.717) is 6.61 Å². The van der Waals surface area contributed by atoms with Crippen molar-refractivity contribution < 1.29 is 14.7 Å². The maximum atomic E-state index is 8.50. The Kier molecular flexibility index (Phi) is 18.5. The highest BCUT2D eigenvalue weighted by atomic mass is 16.6. The van der Waals surface area contributed by atoms with Gasteiger partial charge in [0.2, 0.25) is 0 Å². The van der Waals surface area contributed by atoms with Crippen LogP contribution in [0, 0.1) is 0 Å². The fourth-order valence-electron chi connectivity index (χ4n) is 2.54. The molecule has 0 aliphatic carbocycles. The summed E-state index contributed by atoms with van der Waals surface area (Å²) in [4.78, 5) is 0. The van der Waals surface area contributed by atoms with Crippen molar-refractivity contribution in [3.63, 3.8) is 0 Å². The topological polar surface area (TPSA) is 49.7 Å². The first-order valence-electron chi connectivity index (χ1n) is 9.40. The van der Waals surface area contributed by atoms with Gasteiger partial charge in [0.05, 0.1) is 0 Å². The Morgan fingerprint density at radius 1 is 0.682 bits per heavy atom. The maximum absolute atomic E-state index is 8.50. The molecule has 0 saturated heterocycles. The molecule has 0 fully saturated rings. The first kappa shape index (κ1) is 21.7. The normalized spacial score (nSPS) is 11.4. The molecule has 0 aromatic heterocycles. The van der Waals surface area contributed by atoms with Crippen LogP contribution in [-0.2, 0) is 4.65 Å². The van der Waals surface area contributed by atoms with Gasteiger partial charge in [0.1, 0.15) is 0 Å². The predicted molar refractivity (Wildman–Crippen MR) is 95.6 cm³/mol. The Morgan fingerprint density at radius 3 is 1.64 bits per heavy atom. The molecule has 0 aliphatic rings. The van der Waals surface area contributed by atoms with Gasteiger partial charge < -0.3 is 14.7 Å². The Balaban J connectivity index is 3.05. The van der Waals surface area contributed by atoms with Gasteiger partial charge >= 0.3 is 7.32 Å². The van der Waals surface area contributed by atoms with Crippen LogP contribution in [-0.4, -0.2) is 24.0 Å². The summed E-state index contributed by atoms with van der Waals surface area (Å²) >= 11 is 0. The quantitative estimate of drug-likeness (QED) is 0.225. The number of hydrogen-bond acceptors (Lipinski definition) is 3. The highest BCUT2D eigenvalue weighted by Crippen LogP contribution is 2.09. The monoisotopic (exact) mass is 312 g/mol. The largest absolute Gasteiger partial charge is 0.633 e. The molecule has 22 heavy (non-hydrogen) atoms. The van der Waals surface area contributed by atoms with Crippen molar-refractivity contribution in [3.05, 3.63) is 12.2 Å². The SMILES string of the molecule is CCCCCCCCC=CCCCCCCCCOB(O)O. The Hall–Kier alpha value is -0.315. The minimum atomic E-state index is -1.61. The molecule has 0 bridgehead atoms. The summed E-state index contributed by atoms with van der Waals surface area (Å²) in [5.74, 6) is 0. The predicted octanol–water partition coefficient (Wildman–Crippen LogP) is 5.01. The van der Waals surface area contributed by atoms with Gasteiger partial charge in [-0.25, -0.2) is 0 Å². The van der Waals surface area contributed by atoms with Crippen LogP contribution >= 0.6 is 0 Å². The molecule has 3 nitrogen and oxygen atoms in total. The Morgan fingerprint density at radius 2 is 1.14 bits per heavy atom. The number of hydrogen-bond donors (Lipinski definition) is 2. The standard InChI is InChI=1S/C18H37BO3/c1-2-3-4-5-6-7-8-9-10-11-12-13-14-15-16-17-18-22-19(20)21/h9-10,20-21H,2-8,11-18H2,1H3. The van der Waals surface area contributed by atoms with Crippen LogP contribution < -0.4 is 0 Å². The van der Waals surface area contributed by atoms with E-state index >= 15 is 0 Å². The van der Waals surface area contributed by atoms with Gasteiger partial charge in [-0.3, -0.25) is 0 Å². The van der Waals surface area contributed by atoms with E-state index in [9.17, 15) is 0 Å². The molecule has 2 N–H and O–H groups in total. The van der Waals surface area contributed by atoms with Crippen molar-refractivity contribution in [2.75, 3.05) is 6.61 Å². The second-order valence-corrected chi connectivity index (χ2v) is 6.13. The summed E-state index contributed by atoms with van der Waals surface area (Å²) < 4.78 is 4.66. The molecular formula is C18H37BO3.